The number of hydrogen-bond acceptors (Lipinski definition) is 5. The molecule has 0 aliphatic carbocycles. The van der Waals surface area contributed by atoms with Gasteiger partial charge in [0.2, 0.25) is 17.7 Å². The van der Waals surface area contributed by atoms with Gasteiger partial charge in [-0.25, -0.2) is 0 Å². The minimum absolute atomic E-state index is 0.0347. The minimum Gasteiger partial charge on any atom is -0.395 e. The Morgan fingerprint density at radius 3 is 2.61 bits per heavy atom. The molecule has 3 fully saturated rings. The number of β-amino-alcohol motifs (C(OH)–C–C–N with tert-alkyl or cyclic N) is 1. The summed E-state index contributed by atoms with van der Waals surface area (Å²) in [5, 5.41) is 16.1. The SMILES string of the molecule is Cc1cccc(Cl)c1NC(=O)C1N(CCO)C(=O)[C@@H]2[C@@H](C(=O)NCc3ccccc3)[C@H]3CC(C)C12S3. The lowest BCUT2D eigenvalue weighted by Crippen LogP contribution is -2.55. The number of aliphatic hydroxyl groups is 1. The Morgan fingerprint density at radius 1 is 1.17 bits per heavy atom. The van der Waals surface area contributed by atoms with E-state index < -0.39 is 22.6 Å². The molecular weight excluding hydrogens is 498 g/mol. The smallest absolute Gasteiger partial charge is 0.248 e. The average Bonchev–Trinajstić information content (AvgIpc) is 3.45. The third-order valence-corrected chi connectivity index (χ3v) is 10.3. The quantitative estimate of drug-likeness (QED) is 0.513. The fourth-order valence-corrected chi connectivity index (χ4v) is 9.04. The van der Waals surface area contributed by atoms with Gasteiger partial charge in [-0.05, 0) is 36.5 Å². The second-order valence-electron chi connectivity index (χ2n) is 9.93. The zero-order valence-electron chi connectivity index (χ0n) is 20.2. The average molecular weight is 528 g/mol. The number of aryl methyl sites for hydroxylation is 1. The summed E-state index contributed by atoms with van der Waals surface area (Å²) in [6.07, 6.45) is 0.750. The van der Waals surface area contributed by atoms with E-state index in [1.807, 2.05) is 49.4 Å². The Kier molecular flexibility index (Phi) is 6.78. The van der Waals surface area contributed by atoms with Crippen molar-refractivity contribution in [3.63, 3.8) is 0 Å². The first-order chi connectivity index (χ1) is 17.3. The molecule has 3 unspecified atom stereocenters. The molecule has 0 saturated carbocycles. The minimum atomic E-state index is -0.810. The Hall–Kier alpha value is -2.55. The Bertz CT molecular complexity index is 1170. The van der Waals surface area contributed by atoms with Gasteiger partial charge in [0.15, 0.2) is 0 Å². The van der Waals surface area contributed by atoms with Gasteiger partial charge >= 0.3 is 0 Å². The number of carbonyl (C=O) groups is 3. The van der Waals surface area contributed by atoms with Crippen LogP contribution in [0.1, 0.15) is 24.5 Å². The van der Waals surface area contributed by atoms with Gasteiger partial charge in [0.25, 0.3) is 0 Å². The van der Waals surface area contributed by atoms with E-state index in [0.29, 0.717) is 17.3 Å². The van der Waals surface area contributed by atoms with Crippen LogP contribution in [-0.4, -0.2) is 56.9 Å². The first-order valence-electron chi connectivity index (χ1n) is 12.3. The van der Waals surface area contributed by atoms with Crippen molar-refractivity contribution in [2.45, 2.75) is 42.9 Å². The monoisotopic (exact) mass is 527 g/mol. The van der Waals surface area contributed by atoms with Gasteiger partial charge in [0, 0.05) is 18.3 Å². The zero-order chi connectivity index (χ0) is 25.6. The van der Waals surface area contributed by atoms with Crippen LogP contribution in [0.2, 0.25) is 5.02 Å². The Balaban J connectivity index is 1.46. The van der Waals surface area contributed by atoms with Gasteiger partial charge < -0.3 is 20.6 Å². The summed E-state index contributed by atoms with van der Waals surface area (Å²) >= 11 is 7.99. The number of thioether (sulfide) groups is 1. The van der Waals surface area contributed by atoms with Crippen molar-refractivity contribution in [3.05, 3.63) is 64.7 Å². The summed E-state index contributed by atoms with van der Waals surface area (Å²) in [6.45, 7) is 4.07. The number of hydrogen-bond donors (Lipinski definition) is 3. The van der Waals surface area contributed by atoms with E-state index >= 15 is 0 Å². The van der Waals surface area contributed by atoms with E-state index in [1.165, 1.54) is 4.90 Å². The standard InChI is InChI=1S/C27H30ClN3O4S/c1-15-7-6-10-18(28)22(15)30-25(34)23-27-16(2)13-19(36-27)20(21(27)26(35)31(23)11-12-32)24(33)29-14-17-8-4-3-5-9-17/h3-10,16,19-21,23,32H,11-14H2,1-2H3,(H,29,33)(H,30,34)/t16?,19-,20+,21+,23?,27?/m1/s1. The topological polar surface area (TPSA) is 98.7 Å². The van der Waals surface area contributed by atoms with Crippen LogP contribution in [0.4, 0.5) is 5.69 Å². The normalized spacial score (nSPS) is 30.4. The summed E-state index contributed by atoms with van der Waals surface area (Å²) < 4.78 is -0.745. The molecule has 3 heterocycles. The van der Waals surface area contributed by atoms with Crippen molar-refractivity contribution in [1.29, 1.82) is 0 Å². The molecule has 2 bridgehead atoms. The summed E-state index contributed by atoms with van der Waals surface area (Å²) in [6, 6.07) is 14.2. The maximum Gasteiger partial charge on any atom is 0.248 e. The third-order valence-electron chi connectivity index (χ3n) is 7.92. The molecule has 0 radical (unpaired) electrons. The summed E-state index contributed by atoms with van der Waals surface area (Å²) in [5.41, 5.74) is 2.32. The van der Waals surface area contributed by atoms with Crippen LogP contribution in [0.5, 0.6) is 0 Å². The molecule has 3 N–H and O–H groups in total. The number of halogens is 1. The van der Waals surface area contributed by atoms with Crippen molar-refractivity contribution in [3.8, 4) is 0 Å². The largest absolute Gasteiger partial charge is 0.395 e. The Labute approximate surface area is 220 Å². The molecule has 2 aromatic carbocycles. The van der Waals surface area contributed by atoms with Crippen LogP contribution in [-0.2, 0) is 20.9 Å². The predicted octanol–water partition coefficient (Wildman–Crippen LogP) is 3.23. The second kappa shape index (κ2) is 9.72. The molecule has 3 aliphatic heterocycles. The molecular formula is C27H30ClN3O4S. The zero-order valence-corrected chi connectivity index (χ0v) is 21.8. The van der Waals surface area contributed by atoms with Crippen LogP contribution < -0.4 is 10.6 Å². The first kappa shape index (κ1) is 25.1. The molecule has 5 rings (SSSR count). The number of rotatable bonds is 7. The lowest BCUT2D eigenvalue weighted by molar-refractivity contribution is -0.140. The van der Waals surface area contributed by atoms with Crippen molar-refractivity contribution in [2.75, 3.05) is 18.5 Å². The molecule has 0 aromatic heterocycles. The molecule has 3 aliphatic rings. The van der Waals surface area contributed by atoms with Crippen LogP contribution in [0.25, 0.3) is 0 Å². The van der Waals surface area contributed by atoms with Crippen molar-refractivity contribution < 1.29 is 19.5 Å². The maximum atomic E-state index is 13.8. The predicted molar refractivity (Wildman–Crippen MR) is 141 cm³/mol. The van der Waals surface area contributed by atoms with Crippen LogP contribution in [0.15, 0.2) is 48.5 Å². The highest BCUT2D eigenvalue weighted by Gasteiger charge is 2.75. The molecule has 6 atom stereocenters. The number of likely N-dealkylation sites (tertiary alicyclic amines) is 1. The van der Waals surface area contributed by atoms with Gasteiger partial charge in [-0.15, -0.1) is 11.8 Å². The number of nitrogens with one attached hydrogen (secondary N) is 2. The second-order valence-corrected chi connectivity index (χ2v) is 11.9. The number of benzene rings is 2. The highest BCUT2D eigenvalue weighted by atomic mass is 35.5. The number of amides is 3. The van der Waals surface area contributed by atoms with E-state index in [9.17, 15) is 19.5 Å². The number of anilines is 1. The maximum absolute atomic E-state index is 13.8. The van der Waals surface area contributed by atoms with Gasteiger partial charge in [-0.3, -0.25) is 14.4 Å². The highest BCUT2D eigenvalue weighted by Crippen LogP contribution is 2.68. The van der Waals surface area contributed by atoms with E-state index in [2.05, 4.69) is 17.6 Å². The number of nitrogens with zero attached hydrogens (tertiary/aromatic N) is 1. The van der Waals surface area contributed by atoms with Crippen LogP contribution in [0.3, 0.4) is 0 Å². The van der Waals surface area contributed by atoms with Crippen molar-refractivity contribution in [2.24, 2.45) is 17.8 Å². The number of fused-ring (bicyclic) bond motifs is 1. The summed E-state index contributed by atoms with van der Waals surface area (Å²) in [7, 11) is 0. The fourth-order valence-electron chi connectivity index (χ4n) is 6.35. The molecule has 3 saturated heterocycles. The lowest BCUT2D eigenvalue weighted by Gasteiger charge is -2.38. The molecule has 190 valence electrons. The van der Waals surface area contributed by atoms with Gasteiger partial charge in [0.05, 0.1) is 33.9 Å². The summed E-state index contributed by atoms with van der Waals surface area (Å²) in [5.74, 6) is -1.82. The highest BCUT2D eigenvalue weighted by molar-refractivity contribution is 8.02. The molecule has 7 nitrogen and oxygen atoms in total. The van der Waals surface area contributed by atoms with E-state index in [1.54, 1.807) is 17.8 Å². The van der Waals surface area contributed by atoms with E-state index in [0.717, 1.165) is 17.5 Å². The van der Waals surface area contributed by atoms with Gasteiger partial charge in [-0.2, -0.15) is 0 Å². The lowest BCUT2D eigenvalue weighted by atomic mass is 9.66. The van der Waals surface area contributed by atoms with Crippen molar-refractivity contribution in [1.82, 2.24) is 10.2 Å². The number of para-hydroxylation sites is 1. The molecule has 36 heavy (non-hydrogen) atoms. The molecule has 2 aromatic rings. The van der Waals surface area contributed by atoms with Crippen LogP contribution in [0, 0.1) is 24.7 Å². The number of carbonyl (C=O) groups excluding carboxylic acids is 3. The summed E-state index contributed by atoms with van der Waals surface area (Å²) in [4.78, 5) is 42.6. The first-order valence-corrected chi connectivity index (χ1v) is 13.5. The van der Waals surface area contributed by atoms with E-state index in [4.69, 9.17) is 11.6 Å². The van der Waals surface area contributed by atoms with Crippen LogP contribution >= 0.6 is 23.4 Å². The molecule has 9 heteroatoms. The molecule has 3 amide bonds. The van der Waals surface area contributed by atoms with Gasteiger partial charge in [-0.1, -0.05) is 61.0 Å². The van der Waals surface area contributed by atoms with Gasteiger partial charge in [0.1, 0.15) is 6.04 Å². The molecule has 1 spiro atoms. The fraction of sp³-hybridized carbons (Fsp3) is 0.444. The van der Waals surface area contributed by atoms with Crippen molar-refractivity contribution >= 4 is 46.8 Å². The third kappa shape index (κ3) is 3.90. The Morgan fingerprint density at radius 2 is 1.92 bits per heavy atom. The number of aliphatic hydroxyl groups excluding tert-OH is 1. The van der Waals surface area contributed by atoms with E-state index in [-0.39, 0.29) is 42.0 Å².